The lowest BCUT2D eigenvalue weighted by molar-refractivity contribution is 0.0285. The highest BCUT2D eigenvalue weighted by molar-refractivity contribution is 6.32. The summed E-state index contributed by atoms with van der Waals surface area (Å²) in [4.78, 5) is 16.0. The summed E-state index contributed by atoms with van der Waals surface area (Å²) >= 11 is 6.35. The zero-order valence-corrected chi connectivity index (χ0v) is 18.7. The third kappa shape index (κ3) is 4.86. The van der Waals surface area contributed by atoms with E-state index < -0.39 is 0 Å². The zero-order valence-electron chi connectivity index (χ0n) is 17.9. The number of aryl methyl sites for hydroxylation is 2. The van der Waals surface area contributed by atoms with Crippen molar-refractivity contribution in [3.8, 4) is 5.75 Å². The first-order valence-corrected chi connectivity index (χ1v) is 10.6. The van der Waals surface area contributed by atoms with E-state index in [-0.39, 0.29) is 17.9 Å². The zero-order chi connectivity index (χ0) is 21.8. The normalized spacial score (nSPS) is 19.7. The first-order valence-electron chi connectivity index (χ1n) is 10.3. The fourth-order valence-electron chi connectivity index (χ4n) is 3.89. The third-order valence-electron chi connectivity index (χ3n) is 5.74. The number of piperazine rings is 1. The van der Waals surface area contributed by atoms with E-state index in [1.807, 2.05) is 30.9 Å². The molecule has 0 aliphatic carbocycles. The van der Waals surface area contributed by atoms with E-state index in [2.05, 4.69) is 24.7 Å². The molecule has 30 heavy (non-hydrogen) atoms. The van der Waals surface area contributed by atoms with Gasteiger partial charge in [-0.05, 0) is 68.1 Å². The van der Waals surface area contributed by atoms with Crippen LogP contribution in [0.2, 0.25) is 5.02 Å². The summed E-state index contributed by atoms with van der Waals surface area (Å²) in [5, 5.41) is 0.785. The number of benzene rings is 2. The summed E-state index contributed by atoms with van der Waals surface area (Å²) in [5.41, 5.74) is 3.59. The SMILES string of the molecule is CCc1cc(OCN2C[C@@H](C)N(Cc3ccc(F)cc3)C(=C=O)[C@@H]2C)cc(C)c1Cl. The van der Waals surface area contributed by atoms with Crippen LogP contribution in [0.1, 0.15) is 37.5 Å². The number of hydrogen-bond donors (Lipinski definition) is 0. The summed E-state index contributed by atoms with van der Waals surface area (Å²) in [6, 6.07) is 10.2. The monoisotopic (exact) mass is 430 g/mol. The van der Waals surface area contributed by atoms with E-state index in [1.165, 1.54) is 12.1 Å². The first-order chi connectivity index (χ1) is 14.3. The highest BCUT2D eigenvalue weighted by atomic mass is 35.5. The van der Waals surface area contributed by atoms with E-state index >= 15 is 0 Å². The Kier molecular flexibility index (Phi) is 7.19. The van der Waals surface area contributed by atoms with Crippen molar-refractivity contribution in [3.63, 3.8) is 0 Å². The maximum atomic E-state index is 13.2. The minimum Gasteiger partial charge on any atom is -0.478 e. The van der Waals surface area contributed by atoms with Crippen molar-refractivity contribution in [1.82, 2.24) is 9.80 Å². The Morgan fingerprint density at radius 2 is 1.93 bits per heavy atom. The Balaban J connectivity index is 1.71. The molecule has 2 aromatic carbocycles. The Bertz CT molecular complexity index is 941. The number of nitrogens with zero attached hydrogens (tertiary/aromatic N) is 2. The van der Waals surface area contributed by atoms with Gasteiger partial charge in [0.1, 0.15) is 29.9 Å². The molecule has 0 bridgehead atoms. The molecule has 1 aliphatic heterocycles. The van der Waals surface area contributed by atoms with Gasteiger partial charge in [-0.15, -0.1) is 0 Å². The van der Waals surface area contributed by atoms with Gasteiger partial charge in [-0.1, -0.05) is 30.7 Å². The first kappa shape index (κ1) is 22.4. The number of hydrogen-bond acceptors (Lipinski definition) is 4. The minimum absolute atomic E-state index is 0.0875. The lowest BCUT2D eigenvalue weighted by atomic mass is 10.0. The number of carbonyl (C=O) groups excluding carboxylic acids is 1. The van der Waals surface area contributed by atoms with Gasteiger partial charge < -0.3 is 9.64 Å². The fourth-order valence-corrected chi connectivity index (χ4v) is 4.13. The second kappa shape index (κ2) is 9.65. The lowest BCUT2D eigenvalue weighted by Crippen LogP contribution is -2.55. The maximum absolute atomic E-state index is 13.2. The fraction of sp³-hybridized carbons (Fsp3) is 0.417. The van der Waals surface area contributed by atoms with Gasteiger partial charge >= 0.3 is 0 Å². The van der Waals surface area contributed by atoms with E-state index in [0.29, 0.717) is 19.0 Å². The molecular formula is C24H28ClFN2O2. The molecule has 1 aliphatic rings. The molecule has 0 amide bonds. The third-order valence-corrected chi connectivity index (χ3v) is 6.28. The van der Waals surface area contributed by atoms with Crippen molar-refractivity contribution in [2.24, 2.45) is 0 Å². The van der Waals surface area contributed by atoms with Crippen LogP contribution in [0.15, 0.2) is 42.1 Å². The number of halogens is 2. The molecule has 1 saturated heterocycles. The van der Waals surface area contributed by atoms with E-state index in [9.17, 15) is 9.18 Å². The summed E-state index contributed by atoms with van der Waals surface area (Å²) in [6.45, 7) is 9.74. The van der Waals surface area contributed by atoms with Crippen LogP contribution in [-0.2, 0) is 17.8 Å². The molecule has 2 aromatic rings. The second-order valence-corrected chi connectivity index (χ2v) is 8.26. The summed E-state index contributed by atoms with van der Waals surface area (Å²) in [6.07, 6.45) is 0.838. The molecule has 160 valence electrons. The number of ether oxygens (including phenoxy) is 1. The Morgan fingerprint density at radius 1 is 1.23 bits per heavy atom. The van der Waals surface area contributed by atoms with Gasteiger partial charge in [0.25, 0.3) is 0 Å². The van der Waals surface area contributed by atoms with E-state index in [0.717, 1.165) is 40.4 Å². The van der Waals surface area contributed by atoms with Gasteiger partial charge in [-0.2, -0.15) is 0 Å². The van der Waals surface area contributed by atoms with Gasteiger partial charge in [-0.3, -0.25) is 4.90 Å². The Labute approximate surface area is 182 Å². The molecule has 2 atom stereocenters. The molecule has 1 fully saturated rings. The van der Waals surface area contributed by atoms with Crippen molar-refractivity contribution in [3.05, 3.63) is 69.6 Å². The molecule has 0 N–H and O–H groups in total. The van der Waals surface area contributed by atoms with Crippen LogP contribution < -0.4 is 4.74 Å². The molecule has 0 unspecified atom stereocenters. The summed E-state index contributed by atoms with van der Waals surface area (Å²) in [5.74, 6) is 2.64. The molecule has 4 nitrogen and oxygen atoms in total. The largest absolute Gasteiger partial charge is 0.478 e. The number of rotatable bonds is 6. The van der Waals surface area contributed by atoms with Gasteiger partial charge in [0.05, 0.1) is 6.04 Å². The average molecular weight is 431 g/mol. The van der Waals surface area contributed by atoms with E-state index in [1.54, 1.807) is 12.1 Å². The molecule has 6 heteroatoms. The summed E-state index contributed by atoms with van der Waals surface area (Å²) in [7, 11) is 0. The molecule has 1 heterocycles. The topological polar surface area (TPSA) is 32.8 Å². The molecule has 0 radical (unpaired) electrons. The Hall–Kier alpha value is -2.33. The van der Waals surface area contributed by atoms with Crippen molar-refractivity contribution >= 4 is 17.5 Å². The van der Waals surface area contributed by atoms with Crippen LogP contribution in [0.4, 0.5) is 4.39 Å². The average Bonchev–Trinajstić information content (AvgIpc) is 2.73. The van der Waals surface area contributed by atoms with Crippen molar-refractivity contribution < 1.29 is 13.9 Å². The van der Waals surface area contributed by atoms with Gasteiger partial charge in [-0.25, -0.2) is 9.18 Å². The van der Waals surface area contributed by atoms with E-state index in [4.69, 9.17) is 16.3 Å². The van der Waals surface area contributed by atoms with Crippen LogP contribution in [-0.4, -0.2) is 41.1 Å². The quantitative estimate of drug-likeness (QED) is 0.604. The molecule has 0 spiro atoms. The predicted molar refractivity (Wildman–Crippen MR) is 118 cm³/mol. The van der Waals surface area contributed by atoms with Crippen LogP contribution in [0.25, 0.3) is 0 Å². The lowest BCUT2D eigenvalue weighted by Gasteiger charge is -2.45. The smallest absolute Gasteiger partial charge is 0.147 e. The van der Waals surface area contributed by atoms with Crippen LogP contribution in [0.3, 0.4) is 0 Å². The highest BCUT2D eigenvalue weighted by Gasteiger charge is 2.34. The molecule has 0 aromatic heterocycles. The predicted octanol–water partition coefficient (Wildman–Crippen LogP) is 5.00. The molecular weight excluding hydrogens is 403 g/mol. The second-order valence-electron chi connectivity index (χ2n) is 7.88. The van der Waals surface area contributed by atoms with Crippen LogP contribution in [0, 0.1) is 12.7 Å². The molecule has 3 rings (SSSR count). The summed E-state index contributed by atoms with van der Waals surface area (Å²) < 4.78 is 19.3. The minimum atomic E-state index is -0.267. The van der Waals surface area contributed by atoms with Crippen molar-refractivity contribution in [2.75, 3.05) is 13.3 Å². The van der Waals surface area contributed by atoms with Crippen LogP contribution >= 0.6 is 11.6 Å². The van der Waals surface area contributed by atoms with Gasteiger partial charge in [0, 0.05) is 24.2 Å². The van der Waals surface area contributed by atoms with Gasteiger partial charge in [0.2, 0.25) is 0 Å². The standard InChI is InChI=1S/C24H28ClFN2O2/c1-5-20-11-22(10-16(2)24(20)25)30-15-27-12-17(3)28(23(14-29)18(27)4)13-19-6-8-21(26)9-7-19/h6-11,17-18H,5,12-13,15H2,1-4H3/t17-,18+/m1/s1. The highest BCUT2D eigenvalue weighted by Crippen LogP contribution is 2.29. The Morgan fingerprint density at radius 3 is 2.57 bits per heavy atom. The maximum Gasteiger partial charge on any atom is 0.147 e. The van der Waals surface area contributed by atoms with Crippen molar-refractivity contribution in [2.45, 2.75) is 52.7 Å². The molecule has 0 saturated carbocycles. The van der Waals surface area contributed by atoms with Crippen LogP contribution in [0.5, 0.6) is 5.75 Å². The van der Waals surface area contributed by atoms with Crippen molar-refractivity contribution in [1.29, 1.82) is 0 Å². The van der Waals surface area contributed by atoms with Gasteiger partial charge in [0.15, 0.2) is 0 Å².